The summed E-state index contributed by atoms with van der Waals surface area (Å²) in [6.45, 7) is 3.94. The van der Waals surface area contributed by atoms with Gasteiger partial charge in [0.25, 0.3) is 0 Å². The van der Waals surface area contributed by atoms with Gasteiger partial charge in [0.05, 0.1) is 10.1 Å². The lowest BCUT2D eigenvalue weighted by Gasteiger charge is -2.03. The number of hydrogen-bond donors (Lipinski definition) is 0. The first-order chi connectivity index (χ1) is 7.40. The first-order valence-electron chi connectivity index (χ1n) is 4.73. The van der Waals surface area contributed by atoms with Gasteiger partial charge in [-0.2, -0.15) is 0 Å². The van der Waals surface area contributed by atoms with Gasteiger partial charge in [-0.15, -0.1) is 11.3 Å². The van der Waals surface area contributed by atoms with Crippen LogP contribution >= 0.6 is 34.5 Å². The molecule has 0 amide bonds. The highest BCUT2D eigenvalue weighted by Gasteiger charge is 2.17. The second-order valence-corrected chi connectivity index (χ2v) is 7.59. The van der Waals surface area contributed by atoms with Gasteiger partial charge in [-0.1, -0.05) is 37.0 Å². The van der Waals surface area contributed by atoms with E-state index in [0.717, 1.165) is 11.3 Å². The fourth-order valence-electron chi connectivity index (χ4n) is 1.19. The molecule has 6 heteroatoms. The molecule has 1 aromatic heterocycles. The average Bonchev–Trinajstić information content (AvgIpc) is 2.43. The zero-order valence-electron chi connectivity index (χ0n) is 8.96. The Morgan fingerprint density at radius 3 is 2.56 bits per heavy atom. The van der Waals surface area contributed by atoms with Gasteiger partial charge < -0.3 is 0 Å². The lowest BCUT2D eigenvalue weighted by Crippen LogP contribution is -2.15. The van der Waals surface area contributed by atoms with Crippen LogP contribution < -0.4 is 0 Å². The number of thiophene rings is 1. The van der Waals surface area contributed by atoms with Crippen molar-refractivity contribution >= 4 is 51.1 Å². The van der Waals surface area contributed by atoms with Crippen molar-refractivity contribution in [1.82, 2.24) is 0 Å². The fraction of sp³-hybridized carbons (Fsp3) is 0.500. The van der Waals surface area contributed by atoms with E-state index in [4.69, 9.17) is 23.2 Å². The molecule has 0 fully saturated rings. The molecule has 16 heavy (non-hydrogen) atoms. The molecular weight excluding hydrogens is 287 g/mol. The number of hydrogen-bond acceptors (Lipinski definition) is 3. The van der Waals surface area contributed by atoms with E-state index in [1.807, 2.05) is 13.8 Å². The summed E-state index contributed by atoms with van der Waals surface area (Å²) < 4.78 is 12.4. The minimum atomic E-state index is -1.13. The molecule has 0 aliphatic heterocycles. The summed E-state index contributed by atoms with van der Waals surface area (Å²) in [6.07, 6.45) is 0. The summed E-state index contributed by atoms with van der Waals surface area (Å²) in [6, 6.07) is 1.53. The predicted octanol–water partition coefficient (Wildman–Crippen LogP) is 3.64. The Morgan fingerprint density at radius 2 is 2.12 bits per heavy atom. The van der Waals surface area contributed by atoms with Gasteiger partial charge in [-0.25, -0.2) is 0 Å². The molecule has 0 saturated carbocycles. The van der Waals surface area contributed by atoms with Crippen LogP contribution in [0, 0.1) is 5.92 Å². The van der Waals surface area contributed by atoms with Crippen molar-refractivity contribution in [3.63, 3.8) is 0 Å². The van der Waals surface area contributed by atoms with Crippen LogP contribution in [0.4, 0.5) is 0 Å². The molecule has 2 nitrogen and oxygen atoms in total. The van der Waals surface area contributed by atoms with E-state index in [2.05, 4.69) is 0 Å². The van der Waals surface area contributed by atoms with E-state index in [-0.39, 0.29) is 11.5 Å². The molecule has 1 rings (SSSR count). The molecule has 0 spiro atoms. The quantitative estimate of drug-likeness (QED) is 0.778. The van der Waals surface area contributed by atoms with Crippen LogP contribution in [0.3, 0.4) is 0 Å². The van der Waals surface area contributed by atoms with Crippen molar-refractivity contribution in [1.29, 1.82) is 0 Å². The Bertz CT molecular complexity index is 413. The van der Waals surface area contributed by atoms with Crippen molar-refractivity contribution in [2.75, 3.05) is 11.5 Å². The van der Waals surface area contributed by atoms with Gasteiger partial charge in [-0.05, 0) is 12.0 Å². The predicted molar refractivity (Wildman–Crippen MR) is 71.4 cm³/mol. The zero-order chi connectivity index (χ0) is 12.3. The van der Waals surface area contributed by atoms with Gasteiger partial charge in [0.2, 0.25) is 0 Å². The van der Waals surface area contributed by atoms with Crippen molar-refractivity contribution in [3.8, 4) is 0 Å². The molecule has 1 unspecified atom stereocenters. The van der Waals surface area contributed by atoms with Gasteiger partial charge >= 0.3 is 0 Å². The van der Waals surface area contributed by atoms with Gasteiger partial charge in [0.15, 0.2) is 5.78 Å². The third-order valence-corrected chi connectivity index (χ3v) is 4.88. The molecule has 1 heterocycles. The standard InChI is InChI=1S/C10H12Cl2O2S2/c1-6(2)4-16(14)5-8(13)7-3-9(11)15-10(7)12/h3,6H,4-5H2,1-2H3. The van der Waals surface area contributed by atoms with E-state index in [9.17, 15) is 9.00 Å². The molecule has 0 aromatic carbocycles. The van der Waals surface area contributed by atoms with Crippen LogP contribution in [-0.2, 0) is 10.8 Å². The van der Waals surface area contributed by atoms with E-state index < -0.39 is 10.8 Å². The zero-order valence-corrected chi connectivity index (χ0v) is 12.1. The third kappa shape index (κ3) is 4.17. The van der Waals surface area contributed by atoms with Crippen molar-refractivity contribution < 1.29 is 9.00 Å². The summed E-state index contributed by atoms with van der Waals surface area (Å²) in [4.78, 5) is 11.7. The Morgan fingerprint density at radius 1 is 1.50 bits per heavy atom. The van der Waals surface area contributed by atoms with Crippen molar-refractivity contribution in [2.45, 2.75) is 13.8 Å². The summed E-state index contributed by atoms with van der Waals surface area (Å²) in [7, 11) is -1.13. The normalized spacial score (nSPS) is 13.1. The third-order valence-electron chi connectivity index (χ3n) is 1.77. The van der Waals surface area contributed by atoms with Gasteiger partial charge in [-0.3, -0.25) is 9.00 Å². The molecule has 0 aliphatic rings. The van der Waals surface area contributed by atoms with Crippen molar-refractivity contribution in [2.24, 2.45) is 5.92 Å². The molecular formula is C10H12Cl2O2S2. The lowest BCUT2D eigenvalue weighted by molar-refractivity contribution is 0.102. The number of ketones is 1. The van der Waals surface area contributed by atoms with Crippen LogP contribution in [0.5, 0.6) is 0 Å². The van der Waals surface area contributed by atoms with Crippen molar-refractivity contribution in [3.05, 3.63) is 20.3 Å². The number of rotatable bonds is 5. The van der Waals surface area contributed by atoms with E-state index in [1.54, 1.807) is 0 Å². The highest BCUT2D eigenvalue weighted by Crippen LogP contribution is 2.31. The van der Waals surface area contributed by atoms with Crippen LogP contribution in [0.2, 0.25) is 8.67 Å². The molecule has 0 aliphatic carbocycles. The number of halogens is 2. The Labute approximate surface area is 111 Å². The lowest BCUT2D eigenvalue weighted by atomic mass is 10.2. The van der Waals surface area contributed by atoms with Crippen LogP contribution in [-0.4, -0.2) is 21.5 Å². The van der Waals surface area contributed by atoms with Crippen LogP contribution in [0.15, 0.2) is 6.07 Å². The number of carbonyl (C=O) groups excluding carboxylic acids is 1. The fourth-order valence-corrected chi connectivity index (χ4v) is 3.99. The first-order valence-corrected chi connectivity index (χ1v) is 7.79. The maximum absolute atomic E-state index is 11.7. The number of carbonyl (C=O) groups is 1. The minimum absolute atomic E-state index is 0.0188. The number of Topliss-reactive ketones (excluding diaryl/α,β-unsaturated/α-hetero) is 1. The highest BCUT2D eigenvalue weighted by atomic mass is 35.5. The second-order valence-electron chi connectivity index (χ2n) is 3.81. The van der Waals surface area contributed by atoms with Crippen LogP contribution in [0.25, 0.3) is 0 Å². The largest absolute Gasteiger partial charge is 0.293 e. The molecule has 0 N–H and O–H groups in total. The SMILES string of the molecule is CC(C)CS(=O)CC(=O)c1cc(Cl)sc1Cl. The monoisotopic (exact) mass is 298 g/mol. The Balaban J connectivity index is 2.66. The summed E-state index contributed by atoms with van der Waals surface area (Å²) in [5, 5.41) is 0. The molecule has 0 radical (unpaired) electrons. The minimum Gasteiger partial charge on any atom is -0.293 e. The Hall–Kier alpha value is 0.1000. The smallest absolute Gasteiger partial charge is 0.177 e. The van der Waals surface area contributed by atoms with Gasteiger partial charge in [0.1, 0.15) is 4.34 Å². The second kappa shape index (κ2) is 6.15. The molecule has 0 saturated heterocycles. The van der Waals surface area contributed by atoms with E-state index in [0.29, 0.717) is 25.9 Å². The maximum Gasteiger partial charge on any atom is 0.177 e. The van der Waals surface area contributed by atoms with Crippen LogP contribution in [0.1, 0.15) is 24.2 Å². The van der Waals surface area contributed by atoms with E-state index in [1.165, 1.54) is 6.07 Å². The highest BCUT2D eigenvalue weighted by molar-refractivity contribution is 7.85. The summed E-state index contributed by atoms with van der Waals surface area (Å²) in [5.41, 5.74) is 0.383. The first kappa shape index (κ1) is 14.2. The van der Waals surface area contributed by atoms with Gasteiger partial charge in [0, 0.05) is 22.1 Å². The summed E-state index contributed by atoms with van der Waals surface area (Å²) in [5.74, 6) is 0.661. The topological polar surface area (TPSA) is 34.1 Å². The maximum atomic E-state index is 11.7. The molecule has 1 atom stereocenters. The molecule has 90 valence electrons. The molecule has 0 bridgehead atoms. The van der Waals surface area contributed by atoms with E-state index >= 15 is 0 Å². The summed E-state index contributed by atoms with van der Waals surface area (Å²) >= 11 is 12.7. The Kier molecular flexibility index (Phi) is 5.44. The average molecular weight is 299 g/mol. The molecule has 1 aromatic rings.